The fourth-order valence-electron chi connectivity index (χ4n) is 4.01. The van der Waals surface area contributed by atoms with Crippen molar-refractivity contribution in [1.29, 1.82) is 0 Å². The molecule has 0 amide bonds. The summed E-state index contributed by atoms with van der Waals surface area (Å²) in [7, 11) is 1.65. The van der Waals surface area contributed by atoms with Gasteiger partial charge in [-0.05, 0) is 19.3 Å². The van der Waals surface area contributed by atoms with E-state index in [1.807, 2.05) is 4.57 Å². The van der Waals surface area contributed by atoms with Crippen molar-refractivity contribution in [3.63, 3.8) is 0 Å². The van der Waals surface area contributed by atoms with Crippen LogP contribution >= 0.6 is 0 Å². The van der Waals surface area contributed by atoms with E-state index in [4.69, 9.17) is 4.74 Å². The number of hydrogen-bond acceptors (Lipinski definition) is 5. The molecule has 4 heterocycles. The van der Waals surface area contributed by atoms with E-state index in [-0.39, 0.29) is 5.56 Å². The largest absolute Gasteiger partial charge is 0.378 e. The summed E-state index contributed by atoms with van der Waals surface area (Å²) in [6, 6.07) is 0. The van der Waals surface area contributed by atoms with Gasteiger partial charge in [0.2, 0.25) is 5.95 Å². The smallest absolute Gasteiger partial charge is 0.329 e. The summed E-state index contributed by atoms with van der Waals surface area (Å²) in [5.74, 6) is 0.770. The van der Waals surface area contributed by atoms with Gasteiger partial charge in [-0.15, -0.1) is 0 Å². The summed E-state index contributed by atoms with van der Waals surface area (Å²) in [6.45, 7) is 6.84. The number of morpholine rings is 1. The van der Waals surface area contributed by atoms with E-state index in [9.17, 15) is 9.59 Å². The Morgan fingerprint density at radius 3 is 2.62 bits per heavy atom. The van der Waals surface area contributed by atoms with Crippen molar-refractivity contribution in [2.45, 2.75) is 25.8 Å². The van der Waals surface area contributed by atoms with Gasteiger partial charge >= 0.3 is 5.69 Å². The van der Waals surface area contributed by atoms with Crippen LogP contribution in [-0.2, 0) is 18.3 Å². The predicted octanol–water partition coefficient (Wildman–Crippen LogP) is -1.67. The first-order valence-electron chi connectivity index (χ1n) is 9.51. The highest BCUT2D eigenvalue weighted by molar-refractivity contribution is 5.74. The average Bonchev–Trinajstić information content (AvgIpc) is 3.06. The van der Waals surface area contributed by atoms with Gasteiger partial charge in [0.1, 0.15) is 0 Å². The fourth-order valence-corrected chi connectivity index (χ4v) is 4.01. The standard InChI is InChI=1S/C17H26N6O3/c1-20-14-13(15(24)19-17(20)25)23(8-7-21-5-3-2-4-6-21)16(18-14)22-9-11-26-12-10-22/h2-12H2,1H3,(H,19,24,25)/p+1. The molecular formula is C17H27N6O3+. The number of quaternary nitrogens is 1. The molecule has 0 aliphatic carbocycles. The van der Waals surface area contributed by atoms with E-state index in [0.29, 0.717) is 24.4 Å². The molecule has 9 heteroatoms. The van der Waals surface area contributed by atoms with Gasteiger partial charge in [-0.25, -0.2) is 4.79 Å². The Morgan fingerprint density at radius 1 is 1.15 bits per heavy atom. The van der Waals surface area contributed by atoms with Crippen molar-refractivity contribution in [3.8, 4) is 0 Å². The Labute approximate surface area is 151 Å². The average molecular weight is 363 g/mol. The van der Waals surface area contributed by atoms with E-state index < -0.39 is 5.69 Å². The number of likely N-dealkylation sites (tertiary alicyclic amines) is 1. The molecule has 0 atom stereocenters. The minimum Gasteiger partial charge on any atom is -0.378 e. The van der Waals surface area contributed by atoms with Gasteiger partial charge in [0.05, 0.1) is 39.4 Å². The maximum Gasteiger partial charge on any atom is 0.329 e. The minimum atomic E-state index is -0.428. The summed E-state index contributed by atoms with van der Waals surface area (Å²) in [4.78, 5) is 35.3. The summed E-state index contributed by atoms with van der Waals surface area (Å²) in [6.07, 6.45) is 3.86. The van der Waals surface area contributed by atoms with Gasteiger partial charge in [-0.1, -0.05) is 0 Å². The van der Waals surface area contributed by atoms with Crippen LogP contribution in [0, 0.1) is 0 Å². The highest BCUT2D eigenvalue weighted by Crippen LogP contribution is 2.20. The van der Waals surface area contributed by atoms with E-state index in [0.717, 1.165) is 32.1 Å². The van der Waals surface area contributed by atoms with Crippen LogP contribution in [0.15, 0.2) is 9.59 Å². The van der Waals surface area contributed by atoms with Crippen LogP contribution in [-0.4, -0.2) is 65.0 Å². The van der Waals surface area contributed by atoms with Gasteiger partial charge in [-0.3, -0.25) is 18.9 Å². The van der Waals surface area contributed by atoms with Crippen LogP contribution in [0.1, 0.15) is 19.3 Å². The molecule has 0 spiro atoms. The number of aromatic nitrogens is 4. The van der Waals surface area contributed by atoms with Crippen molar-refractivity contribution < 1.29 is 9.64 Å². The number of nitrogens with one attached hydrogen (secondary N) is 2. The maximum atomic E-state index is 12.5. The van der Waals surface area contributed by atoms with E-state index in [2.05, 4.69) is 14.9 Å². The zero-order valence-corrected chi connectivity index (χ0v) is 15.3. The van der Waals surface area contributed by atoms with Crippen LogP contribution in [0.25, 0.3) is 11.2 Å². The molecule has 0 unspecified atom stereocenters. The molecule has 4 rings (SSSR count). The lowest BCUT2D eigenvalue weighted by Crippen LogP contribution is -3.13. The first-order valence-corrected chi connectivity index (χ1v) is 9.51. The summed E-state index contributed by atoms with van der Waals surface area (Å²) < 4.78 is 8.87. The van der Waals surface area contributed by atoms with Crippen molar-refractivity contribution >= 4 is 17.1 Å². The molecule has 142 valence electrons. The number of rotatable bonds is 4. The number of H-pyrrole nitrogens is 1. The zero-order valence-electron chi connectivity index (χ0n) is 15.3. The Kier molecular flexibility index (Phi) is 4.82. The molecule has 2 fully saturated rings. The van der Waals surface area contributed by atoms with Crippen LogP contribution in [0.5, 0.6) is 0 Å². The third-order valence-corrected chi connectivity index (χ3v) is 5.53. The molecule has 2 aliphatic heterocycles. The van der Waals surface area contributed by atoms with Gasteiger partial charge < -0.3 is 14.5 Å². The van der Waals surface area contributed by atoms with Crippen LogP contribution < -0.4 is 21.0 Å². The van der Waals surface area contributed by atoms with Crippen molar-refractivity contribution in [3.05, 3.63) is 20.8 Å². The minimum absolute atomic E-state index is 0.358. The number of anilines is 1. The molecule has 2 aliphatic rings. The van der Waals surface area contributed by atoms with Gasteiger partial charge in [0.25, 0.3) is 5.56 Å². The number of ether oxygens (including phenoxy) is 1. The van der Waals surface area contributed by atoms with Gasteiger partial charge in [-0.2, -0.15) is 4.98 Å². The molecule has 2 N–H and O–H groups in total. The molecule has 26 heavy (non-hydrogen) atoms. The Hall–Kier alpha value is -2.13. The first kappa shape index (κ1) is 17.3. The molecule has 2 saturated heterocycles. The third-order valence-electron chi connectivity index (χ3n) is 5.53. The van der Waals surface area contributed by atoms with E-state index in [1.165, 1.54) is 36.9 Å². The zero-order chi connectivity index (χ0) is 18.1. The maximum absolute atomic E-state index is 12.5. The van der Waals surface area contributed by atoms with Crippen LogP contribution in [0.3, 0.4) is 0 Å². The first-order chi connectivity index (χ1) is 12.6. The number of piperidine rings is 1. The number of fused-ring (bicyclic) bond motifs is 1. The lowest BCUT2D eigenvalue weighted by atomic mass is 10.1. The second-order valence-electron chi connectivity index (χ2n) is 7.21. The molecule has 0 aromatic carbocycles. The number of aromatic amines is 1. The number of nitrogens with zero attached hydrogens (tertiary/aromatic N) is 4. The lowest BCUT2D eigenvalue weighted by molar-refractivity contribution is -0.905. The van der Waals surface area contributed by atoms with Crippen molar-refractivity contribution in [2.24, 2.45) is 7.05 Å². The van der Waals surface area contributed by atoms with Gasteiger partial charge in [0, 0.05) is 20.1 Å². The topological polar surface area (TPSA) is 89.6 Å². The molecule has 2 aromatic heterocycles. The summed E-state index contributed by atoms with van der Waals surface area (Å²) in [5.41, 5.74) is 0.157. The van der Waals surface area contributed by atoms with E-state index in [1.54, 1.807) is 11.9 Å². The molecule has 9 nitrogen and oxygen atoms in total. The Balaban J connectivity index is 1.75. The summed E-state index contributed by atoms with van der Waals surface area (Å²) >= 11 is 0. The lowest BCUT2D eigenvalue weighted by Gasteiger charge is -2.29. The molecule has 0 saturated carbocycles. The second-order valence-corrected chi connectivity index (χ2v) is 7.21. The normalized spacial score (nSPS) is 19.3. The number of imidazole rings is 1. The molecule has 0 bridgehead atoms. The molecule has 0 radical (unpaired) electrons. The monoisotopic (exact) mass is 363 g/mol. The quantitative estimate of drug-likeness (QED) is 0.678. The van der Waals surface area contributed by atoms with Crippen LogP contribution in [0.2, 0.25) is 0 Å². The fraction of sp³-hybridized carbons (Fsp3) is 0.706. The second kappa shape index (κ2) is 7.24. The number of aryl methyl sites for hydroxylation is 1. The number of hydrogen-bond donors (Lipinski definition) is 2. The Morgan fingerprint density at radius 2 is 1.88 bits per heavy atom. The highest BCUT2D eigenvalue weighted by Gasteiger charge is 2.24. The van der Waals surface area contributed by atoms with Crippen LogP contribution in [0.4, 0.5) is 5.95 Å². The van der Waals surface area contributed by atoms with Crippen molar-refractivity contribution in [2.75, 3.05) is 50.8 Å². The third kappa shape index (κ3) is 3.16. The van der Waals surface area contributed by atoms with E-state index >= 15 is 0 Å². The Bertz CT molecular complexity index is 886. The highest BCUT2D eigenvalue weighted by atomic mass is 16.5. The molecule has 2 aromatic rings. The SMILES string of the molecule is Cn1c(=O)[nH]c(=O)c2c1nc(N1CCOCC1)n2CC[NH+]1CCCCC1. The summed E-state index contributed by atoms with van der Waals surface area (Å²) in [5, 5.41) is 0. The molecular weight excluding hydrogens is 336 g/mol. The predicted molar refractivity (Wildman–Crippen MR) is 98.0 cm³/mol. The van der Waals surface area contributed by atoms with Crippen molar-refractivity contribution in [1.82, 2.24) is 19.1 Å². The van der Waals surface area contributed by atoms with Gasteiger partial charge in [0.15, 0.2) is 11.2 Å².